The lowest BCUT2D eigenvalue weighted by atomic mass is 10.1. The SMILES string of the molecule is Nc1cc(-c2ccccc2)nc(-c2ccc(O)cc2)n1. The maximum atomic E-state index is 9.33. The molecule has 0 spiro atoms. The predicted octanol–water partition coefficient (Wildman–Crippen LogP) is 3.10. The number of hydrogen-bond acceptors (Lipinski definition) is 4. The van der Waals surface area contributed by atoms with Crippen LogP contribution in [0, 0.1) is 0 Å². The molecule has 0 aliphatic rings. The number of phenolic OH excluding ortho intramolecular Hbond substituents is 1. The van der Waals surface area contributed by atoms with Crippen LogP contribution in [0.2, 0.25) is 0 Å². The van der Waals surface area contributed by atoms with Crippen molar-refractivity contribution >= 4 is 5.82 Å². The van der Waals surface area contributed by atoms with Gasteiger partial charge in [-0.2, -0.15) is 0 Å². The molecular weight excluding hydrogens is 250 g/mol. The Kier molecular flexibility index (Phi) is 3.05. The number of rotatable bonds is 2. The van der Waals surface area contributed by atoms with Crippen molar-refractivity contribution < 1.29 is 5.11 Å². The van der Waals surface area contributed by atoms with Gasteiger partial charge in [0, 0.05) is 17.2 Å². The first-order chi connectivity index (χ1) is 9.72. The average molecular weight is 263 g/mol. The van der Waals surface area contributed by atoms with Crippen LogP contribution in [0.15, 0.2) is 60.7 Å². The molecule has 0 fully saturated rings. The van der Waals surface area contributed by atoms with Gasteiger partial charge in [-0.15, -0.1) is 0 Å². The van der Waals surface area contributed by atoms with Crippen LogP contribution in [0.5, 0.6) is 5.75 Å². The van der Waals surface area contributed by atoms with Crippen molar-refractivity contribution in [1.29, 1.82) is 0 Å². The van der Waals surface area contributed by atoms with Crippen molar-refractivity contribution in [1.82, 2.24) is 9.97 Å². The Morgan fingerprint density at radius 1 is 0.800 bits per heavy atom. The lowest BCUT2D eigenvalue weighted by Gasteiger charge is -2.06. The second kappa shape index (κ2) is 5.01. The van der Waals surface area contributed by atoms with Crippen LogP contribution >= 0.6 is 0 Å². The lowest BCUT2D eigenvalue weighted by Crippen LogP contribution is -1.97. The minimum absolute atomic E-state index is 0.209. The summed E-state index contributed by atoms with van der Waals surface area (Å²) in [6.45, 7) is 0. The van der Waals surface area contributed by atoms with Crippen LogP contribution in [-0.2, 0) is 0 Å². The van der Waals surface area contributed by atoms with Crippen molar-refractivity contribution in [2.75, 3.05) is 5.73 Å². The number of phenols is 1. The molecule has 0 aliphatic carbocycles. The van der Waals surface area contributed by atoms with Gasteiger partial charge in [0.2, 0.25) is 0 Å². The maximum absolute atomic E-state index is 9.33. The zero-order chi connectivity index (χ0) is 13.9. The minimum atomic E-state index is 0.209. The van der Waals surface area contributed by atoms with E-state index >= 15 is 0 Å². The molecule has 0 amide bonds. The highest BCUT2D eigenvalue weighted by atomic mass is 16.3. The fraction of sp³-hybridized carbons (Fsp3) is 0. The van der Waals surface area contributed by atoms with Crippen molar-refractivity contribution in [3.8, 4) is 28.4 Å². The monoisotopic (exact) mass is 263 g/mol. The largest absolute Gasteiger partial charge is 0.508 e. The van der Waals surface area contributed by atoms with E-state index in [1.54, 1.807) is 30.3 Å². The van der Waals surface area contributed by atoms with Gasteiger partial charge in [0.25, 0.3) is 0 Å². The Labute approximate surface area is 116 Å². The molecule has 1 heterocycles. The number of nitrogen functional groups attached to an aromatic ring is 1. The number of nitrogens with zero attached hydrogens (tertiary/aromatic N) is 2. The summed E-state index contributed by atoms with van der Waals surface area (Å²) >= 11 is 0. The molecule has 0 unspecified atom stereocenters. The number of aromatic nitrogens is 2. The molecule has 20 heavy (non-hydrogen) atoms. The molecule has 2 aromatic carbocycles. The molecule has 0 radical (unpaired) electrons. The van der Waals surface area contributed by atoms with Crippen LogP contribution in [-0.4, -0.2) is 15.1 Å². The Bertz CT molecular complexity index is 724. The van der Waals surface area contributed by atoms with Crippen LogP contribution in [0.3, 0.4) is 0 Å². The fourth-order valence-corrected chi connectivity index (χ4v) is 1.96. The van der Waals surface area contributed by atoms with Crippen LogP contribution < -0.4 is 5.73 Å². The smallest absolute Gasteiger partial charge is 0.162 e. The van der Waals surface area contributed by atoms with E-state index in [1.807, 2.05) is 30.3 Å². The first kappa shape index (κ1) is 12.2. The van der Waals surface area contributed by atoms with Crippen LogP contribution in [0.4, 0.5) is 5.82 Å². The van der Waals surface area contributed by atoms with Gasteiger partial charge in [-0.25, -0.2) is 9.97 Å². The number of anilines is 1. The fourth-order valence-electron chi connectivity index (χ4n) is 1.96. The maximum Gasteiger partial charge on any atom is 0.162 e. The normalized spacial score (nSPS) is 10.4. The summed E-state index contributed by atoms with van der Waals surface area (Å²) in [5.74, 6) is 1.17. The molecule has 3 N–H and O–H groups in total. The van der Waals surface area contributed by atoms with Gasteiger partial charge >= 0.3 is 0 Å². The third-order valence-corrected chi connectivity index (χ3v) is 2.94. The number of nitrogens with two attached hydrogens (primary N) is 1. The van der Waals surface area contributed by atoms with Crippen molar-refractivity contribution in [3.05, 3.63) is 60.7 Å². The van der Waals surface area contributed by atoms with Gasteiger partial charge in [-0.1, -0.05) is 30.3 Å². The zero-order valence-electron chi connectivity index (χ0n) is 10.7. The van der Waals surface area contributed by atoms with Crippen molar-refractivity contribution in [3.63, 3.8) is 0 Å². The van der Waals surface area contributed by atoms with E-state index in [-0.39, 0.29) is 5.75 Å². The highest BCUT2D eigenvalue weighted by Gasteiger charge is 2.07. The van der Waals surface area contributed by atoms with Gasteiger partial charge in [0.05, 0.1) is 5.69 Å². The van der Waals surface area contributed by atoms with E-state index in [0.717, 1.165) is 16.8 Å². The van der Waals surface area contributed by atoms with Gasteiger partial charge < -0.3 is 10.8 Å². The van der Waals surface area contributed by atoms with E-state index in [0.29, 0.717) is 11.6 Å². The second-order valence-corrected chi connectivity index (χ2v) is 4.41. The standard InChI is InChI=1S/C16H13N3O/c17-15-10-14(11-4-2-1-3-5-11)18-16(19-15)12-6-8-13(20)9-7-12/h1-10,20H,(H2,17,18,19). The highest BCUT2D eigenvalue weighted by molar-refractivity contribution is 5.66. The number of aromatic hydroxyl groups is 1. The van der Waals surface area contributed by atoms with Gasteiger partial charge in [0.15, 0.2) is 5.82 Å². The molecule has 4 nitrogen and oxygen atoms in total. The zero-order valence-corrected chi connectivity index (χ0v) is 10.7. The third-order valence-electron chi connectivity index (χ3n) is 2.94. The van der Waals surface area contributed by atoms with Crippen molar-refractivity contribution in [2.45, 2.75) is 0 Å². The minimum Gasteiger partial charge on any atom is -0.508 e. The Morgan fingerprint density at radius 2 is 1.50 bits per heavy atom. The topological polar surface area (TPSA) is 72.0 Å². The van der Waals surface area contributed by atoms with Crippen LogP contribution in [0.25, 0.3) is 22.6 Å². The molecule has 98 valence electrons. The summed E-state index contributed by atoms with van der Waals surface area (Å²) in [6, 6.07) is 18.3. The quantitative estimate of drug-likeness (QED) is 0.745. The average Bonchev–Trinajstić information content (AvgIpc) is 2.48. The molecule has 0 saturated heterocycles. The van der Waals surface area contributed by atoms with Gasteiger partial charge in [-0.3, -0.25) is 0 Å². The van der Waals surface area contributed by atoms with E-state index in [1.165, 1.54) is 0 Å². The number of benzene rings is 2. The molecule has 1 aromatic heterocycles. The molecule has 3 rings (SSSR count). The van der Waals surface area contributed by atoms with Gasteiger partial charge in [0.1, 0.15) is 11.6 Å². The van der Waals surface area contributed by atoms with E-state index in [2.05, 4.69) is 9.97 Å². The second-order valence-electron chi connectivity index (χ2n) is 4.41. The molecule has 0 saturated carbocycles. The van der Waals surface area contributed by atoms with Crippen LogP contribution in [0.1, 0.15) is 0 Å². The summed E-state index contributed by atoms with van der Waals surface area (Å²) in [5.41, 5.74) is 8.44. The number of hydrogen-bond donors (Lipinski definition) is 2. The highest BCUT2D eigenvalue weighted by Crippen LogP contribution is 2.24. The van der Waals surface area contributed by atoms with E-state index < -0.39 is 0 Å². The lowest BCUT2D eigenvalue weighted by molar-refractivity contribution is 0.475. The Hall–Kier alpha value is -2.88. The molecule has 4 heteroatoms. The summed E-state index contributed by atoms with van der Waals surface area (Å²) in [4.78, 5) is 8.78. The molecule has 0 bridgehead atoms. The first-order valence-electron chi connectivity index (χ1n) is 6.22. The molecule has 0 aliphatic heterocycles. The summed E-state index contributed by atoms with van der Waals surface area (Å²) in [5, 5.41) is 9.33. The first-order valence-corrected chi connectivity index (χ1v) is 6.22. The summed E-state index contributed by atoms with van der Waals surface area (Å²) in [6.07, 6.45) is 0. The van der Waals surface area contributed by atoms with E-state index in [9.17, 15) is 5.11 Å². The van der Waals surface area contributed by atoms with Crippen molar-refractivity contribution in [2.24, 2.45) is 0 Å². The van der Waals surface area contributed by atoms with E-state index in [4.69, 9.17) is 5.73 Å². The predicted molar refractivity (Wildman–Crippen MR) is 79.0 cm³/mol. The summed E-state index contributed by atoms with van der Waals surface area (Å²) < 4.78 is 0. The molecule has 0 atom stereocenters. The van der Waals surface area contributed by atoms with Gasteiger partial charge in [-0.05, 0) is 24.3 Å². The third kappa shape index (κ3) is 2.44. The Balaban J connectivity index is 2.09. The Morgan fingerprint density at radius 3 is 2.20 bits per heavy atom. The molecular formula is C16H13N3O. The summed E-state index contributed by atoms with van der Waals surface area (Å²) in [7, 11) is 0. The molecule has 3 aromatic rings.